The minimum Gasteiger partial charge on any atom is -0.493 e. The highest BCUT2D eigenvalue weighted by molar-refractivity contribution is 6.10. The monoisotopic (exact) mass is 454 g/mol. The van der Waals surface area contributed by atoms with Crippen molar-refractivity contribution < 1.29 is 33.3 Å². The van der Waals surface area contributed by atoms with Gasteiger partial charge < -0.3 is 24.3 Å². The summed E-state index contributed by atoms with van der Waals surface area (Å²) in [6.45, 7) is 1.62. The number of ether oxygens (including phenoxy) is 4. The van der Waals surface area contributed by atoms with Gasteiger partial charge >= 0.3 is 5.97 Å². The molecule has 0 bridgehead atoms. The van der Waals surface area contributed by atoms with Crippen molar-refractivity contribution in [2.75, 3.05) is 38.7 Å². The Morgan fingerprint density at radius 3 is 2.09 bits per heavy atom. The quantitative estimate of drug-likeness (QED) is 0.641. The van der Waals surface area contributed by atoms with Crippen LogP contribution in [-0.4, -0.2) is 46.2 Å². The number of allylic oxidation sites excluding steroid dienone is 1. The molecule has 1 aliphatic rings. The molecule has 9 nitrogen and oxygen atoms in total. The highest BCUT2D eigenvalue weighted by Gasteiger charge is 2.40. The SMILES string of the molecule is COC(=O)C1=C(C)N(c2ccccc2)C(=O)C[C@@H]1C(=O)Nc1cc(OC)c(OC)c(OC)c1. The number of anilines is 2. The largest absolute Gasteiger partial charge is 0.493 e. The average molecular weight is 454 g/mol. The summed E-state index contributed by atoms with van der Waals surface area (Å²) in [5.74, 6) is -1.49. The molecule has 174 valence electrons. The molecule has 2 amide bonds. The summed E-state index contributed by atoms with van der Waals surface area (Å²) in [6.07, 6.45) is -0.201. The van der Waals surface area contributed by atoms with E-state index in [-0.39, 0.29) is 17.9 Å². The minimum absolute atomic E-state index is 0.117. The van der Waals surface area contributed by atoms with Gasteiger partial charge in [-0.1, -0.05) is 18.2 Å². The molecule has 0 spiro atoms. The molecule has 1 aliphatic heterocycles. The molecule has 33 heavy (non-hydrogen) atoms. The molecule has 0 saturated heterocycles. The number of esters is 1. The summed E-state index contributed by atoms with van der Waals surface area (Å²) in [5.41, 5.74) is 1.42. The maximum Gasteiger partial charge on any atom is 0.336 e. The molecular weight excluding hydrogens is 428 g/mol. The standard InChI is InChI=1S/C24H26N2O7/c1-14-21(24(29)33-5)17(13-20(27)26(14)16-9-7-6-8-10-16)23(28)25-15-11-18(30-2)22(32-4)19(12-15)31-3/h6-12,17H,13H2,1-5H3,(H,25,28)/t17-/m0/s1. The van der Waals surface area contributed by atoms with Crippen LogP contribution in [0.3, 0.4) is 0 Å². The first-order valence-electron chi connectivity index (χ1n) is 10.1. The second-order valence-corrected chi connectivity index (χ2v) is 7.22. The van der Waals surface area contributed by atoms with Crippen LogP contribution in [0.15, 0.2) is 53.7 Å². The van der Waals surface area contributed by atoms with Crippen LogP contribution in [0.25, 0.3) is 0 Å². The fourth-order valence-corrected chi connectivity index (χ4v) is 3.85. The highest BCUT2D eigenvalue weighted by Crippen LogP contribution is 2.40. The molecular formula is C24H26N2O7. The Morgan fingerprint density at radius 2 is 1.58 bits per heavy atom. The molecule has 9 heteroatoms. The normalized spacial score (nSPS) is 15.7. The summed E-state index contributed by atoms with van der Waals surface area (Å²) in [7, 11) is 5.63. The third-order valence-corrected chi connectivity index (χ3v) is 5.37. The zero-order valence-corrected chi connectivity index (χ0v) is 19.1. The topological polar surface area (TPSA) is 103 Å². The van der Waals surface area contributed by atoms with Crippen molar-refractivity contribution in [2.24, 2.45) is 5.92 Å². The number of amides is 2. The van der Waals surface area contributed by atoms with E-state index in [9.17, 15) is 14.4 Å². The number of nitrogens with one attached hydrogen (secondary N) is 1. The summed E-state index contributed by atoms with van der Waals surface area (Å²) in [6, 6.07) is 12.0. The Labute approximate surface area is 191 Å². The maximum atomic E-state index is 13.2. The van der Waals surface area contributed by atoms with Crippen LogP contribution in [0.1, 0.15) is 13.3 Å². The number of hydrogen-bond acceptors (Lipinski definition) is 7. The van der Waals surface area contributed by atoms with Crippen molar-refractivity contribution in [1.29, 1.82) is 0 Å². The lowest BCUT2D eigenvalue weighted by atomic mass is 9.88. The van der Waals surface area contributed by atoms with Gasteiger partial charge in [0, 0.05) is 35.6 Å². The molecule has 1 heterocycles. The van der Waals surface area contributed by atoms with E-state index in [1.807, 2.05) is 6.07 Å². The first-order valence-corrected chi connectivity index (χ1v) is 10.1. The van der Waals surface area contributed by atoms with Crippen LogP contribution in [0.5, 0.6) is 17.2 Å². The molecule has 0 aliphatic carbocycles. The van der Waals surface area contributed by atoms with E-state index in [0.717, 1.165) is 0 Å². The van der Waals surface area contributed by atoms with Crippen LogP contribution in [0.2, 0.25) is 0 Å². The second-order valence-electron chi connectivity index (χ2n) is 7.22. The number of hydrogen-bond donors (Lipinski definition) is 1. The van der Waals surface area contributed by atoms with Crippen LogP contribution in [0, 0.1) is 5.92 Å². The van der Waals surface area contributed by atoms with Crippen molar-refractivity contribution >= 4 is 29.2 Å². The first-order chi connectivity index (χ1) is 15.9. The highest BCUT2D eigenvalue weighted by atomic mass is 16.5. The minimum atomic E-state index is -1.04. The van der Waals surface area contributed by atoms with Gasteiger partial charge in [-0.2, -0.15) is 0 Å². The number of carbonyl (C=O) groups is 3. The molecule has 0 fully saturated rings. The van der Waals surface area contributed by atoms with Gasteiger partial charge in [0.25, 0.3) is 0 Å². The predicted octanol–water partition coefficient (Wildman–Crippen LogP) is 3.15. The van der Waals surface area contributed by atoms with Crippen molar-refractivity contribution in [3.05, 3.63) is 53.7 Å². The lowest BCUT2D eigenvalue weighted by Crippen LogP contribution is -2.43. The molecule has 2 aromatic carbocycles. The molecule has 0 radical (unpaired) electrons. The van der Waals surface area contributed by atoms with Crippen molar-refractivity contribution in [3.63, 3.8) is 0 Å². The lowest BCUT2D eigenvalue weighted by molar-refractivity contribution is -0.138. The number of rotatable bonds is 7. The molecule has 0 unspecified atom stereocenters. The van der Waals surface area contributed by atoms with Gasteiger partial charge in [-0.25, -0.2) is 4.79 Å². The van der Waals surface area contributed by atoms with Crippen LogP contribution in [0.4, 0.5) is 11.4 Å². The summed E-state index contributed by atoms with van der Waals surface area (Å²) in [5, 5.41) is 2.75. The smallest absolute Gasteiger partial charge is 0.336 e. The van der Waals surface area contributed by atoms with Gasteiger partial charge in [0.05, 0.1) is 39.9 Å². The van der Waals surface area contributed by atoms with Gasteiger partial charge in [0.1, 0.15) is 0 Å². The fraction of sp³-hybridized carbons (Fsp3) is 0.292. The van der Waals surface area contributed by atoms with E-state index in [1.165, 1.54) is 33.3 Å². The van der Waals surface area contributed by atoms with E-state index < -0.39 is 17.8 Å². The number of para-hydroxylation sites is 1. The fourth-order valence-electron chi connectivity index (χ4n) is 3.85. The third kappa shape index (κ3) is 4.62. The van der Waals surface area contributed by atoms with E-state index in [4.69, 9.17) is 18.9 Å². The number of nitrogens with zero attached hydrogens (tertiary/aromatic N) is 1. The van der Waals surface area contributed by atoms with E-state index in [2.05, 4.69) is 5.32 Å². The second kappa shape index (κ2) is 10.1. The third-order valence-electron chi connectivity index (χ3n) is 5.37. The molecule has 0 saturated carbocycles. The molecule has 2 aromatic rings. The van der Waals surface area contributed by atoms with Gasteiger partial charge in [0.2, 0.25) is 17.6 Å². The average Bonchev–Trinajstić information content (AvgIpc) is 2.83. The van der Waals surface area contributed by atoms with Crippen molar-refractivity contribution in [3.8, 4) is 17.2 Å². The summed E-state index contributed by atoms with van der Waals surface area (Å²) >= 11 is 0. The summed E-state index contributed by atoms with van der Waals surface area (Å²) < 4.78 is 20.9. The summed E-state index contributed by atoms with van der Waals surface area (Å²) in [4.78, 5) is 40.4. The molecule has 1 N–H and O–H groups in total. The Bertz CT molecular complexity index is 1070. The van der Waals surface area contributed by atoms with Crippen molar-refractivity contribution in [1.82, 2.24) is 0 Å². The lowest BCUT2D eigenvalue weighted by Gasteiger charge is -2.33. The van der Waals surface area contributed by atoms with Crippen molar-refractivity contribution in [2.45, 2.75) is 13.3 Å². The maximum absolute atomic E-state index is 13.2. The van der Waals surface area contributed by atoms with Gasteiger partial charge in [-0.3, -0.25) is 14.5 Å². The number of benzene rings is 2. The Balaban J connectivity index is 2.00. The van der Waals surface area contributed by atoms with Gasteiger partial charge in [-0.15, -0.1) is 0 Å². The zero-order chi connectivity index (χ0) is 24.1. The van der Waals surface area contributed by atoms with E-state index in [0.29, 0.717) is 34.3 Å². The molecule has 3 rings (SSSR count). The first kappa shape index (κ1) is 23.6. The van der Waals surface area contributed by atoms with Crippen LogP contribution in [-0.2, 0) is 19.1 Å². The van der Waals surface area contributed by atoms with E-state index >= 15 is 0 Å². The Morgan fingerprint density at radius 1 is 0.970 bits per heavy atom. The van der Waals surface area contributed by atoms with E-state index in [1.54, 1.807) is 43.3 Å². The van der Waals surface area contributed by atoms with Crippen LogP contribution >= 0.6 is 0 Å². The molecule has 1 atom stereocenters. The Hall–Kier alpha value is -4.01. The van der Waals surface area contributed by atoms with Gasteiger partial charge in [0.15, 0.2) is 11.5 Å². The van der Waals surface area contributed by atoms with Crippen LogP contribution < -0.4 is 24.4 Å². The number of carbonyl (C=O) groups excluding carboxylic acids is 3. The Kier molecular flexibility index (Phi) is 7.22. The number of methoxy groups -OCH3 is 4. The predicted molar refractivity (Wildman–Crippen MR) is 121 cm³/mol. The zero-order valence-electron chi connectivity index (χ0n) is 19.1. The molecule has 0 aromatic heterocycles. The van der Waals surface area contributed by atoms with Gasteiger partial charge in [-0.05, 0) is 19.1 Å².